The average Bonchev–Trinajstić information content (AvgIpc) is 3.56. The molecule has 0 fully saturated rings. The molecule has 18 heteroatoms. The maximum absolute atomic E-state index is 12.2. The van der Waals surface area contributed by atoms with E-state index < -0.39 is 41.5 Å². The largest absolute Gasteiger partial charge is 0.457 e. The van der Waals surface area contributed by atoms with Crippen LogP contribution in [0.4, 0.5) is 11.4 Å². The number of unbranched alkanes of at least 4 members (excludes halogenated alkanes) is 2. The molecule has 1 aliphatic carbocycles. The van der Waals surface area contributed by atoms with Gasteiger partial charge in [0, 0.05) is 53.9 Å². The molecule has 0 atom stereocenters. The fraction of sp³-hybridized carbons (Fsp3) is 0.378. The van der Waals surface area contributed by atoms with Crippen molar-refractivity contribution in [3.05, 3.63) is 125 Å². The van der Waals surface area contributed by atoms with Gasteiger partial charge < -0.3 is 14.9 Å². The molecule has 0 spiro atoms. The standard InChI is InChI=1S/C45H52BN3O11S3/c1-44(2)36-14-5-6-15-38(36)48(27-8-7-16-42(50)47-46)40(44)25-17-31-12-11-13-32(43(31)60-33-19-21-34(22-20-33)62(54,55)56)18-26-41-45(3,4)37-30-35(63(57,58)59)23-24-39(37)49(41)28-9-10-29-61(51,52)53/h5-6,14-15,17-26,30H,7-13,16,27-29H2,1-4H3,(H3-,47,50,51,52,53,54,55,56,57,58,59)/p+1. The van der Waals surface area contributed by atoms with Gasteiger partial charge in [-0.2, -0.15) is 29.8 Å². The Morgan fingerprint density at radius 3 is 2.16 bits per heavy atom. The van der Waals surface area contributed by atoms with Crippen LogP contribution in [0.2, 0.25) is 0 Å². The maximum atomic E-state index is 12.2. The Balaban J connectivity index is 1.45. The van der Waals surface area contributed by atoms with Gasteiger partial charge in [-0.05, 0) is 124 Å². The van der Waals surface area contributed by atoms with Crippen molar-refractivity contribution in [2.75, 3.05) is 23.7 Å². The summed E-state index contributed by atoms with van der Waals surface area (Å²) in [6.45, 7) is 9.20. The molecule has 4 N–H and O–H groups in total. The van der Waals surface area contributed by atoms with E-state index >= 15 is 0 Å². The summed E-state index contributed by atoms with van der Waals surface area (Å²) in [5.41, 5.74) is 5.91. The van der Waals surface area contributed by atoms with Crippen LogP contribution < -0.4 is 14.9 Å². The first-order chi connectivity index (χ1) is 29.5. The highest BCUT2D eigenvalue weighted by atomic mass is 32.2. The summed E-state index contributed by atoms with van der Waals surface area (Å²) in [6, 6.07) is 18.1. The summed E-state index contributed by atoms with van der Waals surface area (Å²) >= 11 is 0. The van der Waals surface area contributed by atoms with Gasteiger partial charge in [0.05, 0.1) is 21.0 Å². The molecule has 3 aromatic carbocycles. The summed E-state index contributed by atoms with van der Waals surface area (Å²) in [5.74, 6) is 0.243. The zero-order valence-electron chi connectivity index (χ0n) is 35.7. The number of amides is 1. The minimum Gasteiger partial charge on any atom is -0.457 e. The molecule has 0 bridgehead atoms. The molecule has 3 aliphatic rings. The van der Waals surface area contributed by atoms with E-state index in [1.54, 1.807) is 6.07 Å². The van der Waals surface area contributed by atoms with Crippen LogP contribution in [-0.2, 0) is 46.0 Å². The molecule has 0 saturated heterocycles. The van der Waals surface area contributed by atoms with Gasteiger partial charge in [0.2, 0.25) is 19.6 Å². The number of nitrogens with zero attached hydrogens (tertiary/aromatic N) is 2. The summed E-state index contributed by atoms with van der Waals surface area (Å²) in [7, 11) is -7.85. The number of rotatable bonds is 17. The zero-order valence-corrected chi connectivity index (χ0v) is 38.2. The molecule has 0 unspecified atom stereocenters. The molecule has 3 aromatic rings. The Bertz CT molecular complexity index is 2770. The molecule has 334 valence electrons. The number of para-hydroxylation sites is 1. The topological polar surface area (TPSA) is 208 Å². The van der Waals surface area contributed by atoms with E-state index in [9.17, 15) is 43.7 Å². The maximum Gasteiger partial charge on any atom is 0.294 e. The van der Waals surface area contributed by atoms with E-state index in [-0.39, 0.29) is 27.5 Å². The van der Waals surface area contributed by atoms with Crippen LogP contribution in [0.1, 0.15) is 90.2 Å². The van der Waals surface area contributed by atoms with Crippen LogP contribution >= 0.6 is 0 Å². The number of anilines is 1. The van der Waals surface area contributed by atoms with Crippen molar-refractivity contribution in [2.45, 2.75) is 99.7 Å². The molecule has 2 radical (unpaired) electrons. The highest BCUT2D eigenvalue weighted by Gasteiger charge is 2.44. The molecule has 0 aromatic heterocycles. The van der Waals surface area contributed by atoms with Crippen molar-refractivity contribution in [1.29, 1.82) is 0 Å². The third-order valence-electron chi connectivity index (χ3n) is 11.9. The number of carbonyl (C=O) groups excluding carboxylic acids is 1. The van der Waals surface area contributed by atoms with Gasteiger partial charge in [0.25, 0.3) is 30.4 Å². The minimum absolute atomic E-state index is 0.180. The first-order valence-corrected chi connectivity index (χ1v) is 25.2. The number of hydrogen-bond acceptors (Lipinski definition) is 9. The van der Waals surface area contributed by atoms with Crippen LogP contribution in [0.3, 0.4) is 0 Å². The minimum atomic E-state index is -4.52. The van der Waals surface area contributed by atoms with E-state index in [2.05, 4.69) is 41.9 Å². The summed E-state index contributed by atoms with van der Waals surface area (Å²) < 4.78 is 109. The van der Waals surface area contributed by atoms with Crippen molar-refractivity contribution < 1.29 is 53.0 Å². The van der Waals surface area contributed by atoms with Gasteiger partial charge in [0.15, 0.2) is 5.71 Å². The van der Waals surface area contributed by atoms with Gasteiger partial charge >= 0.3 is 0 Å². The van der Waals surface area contributed by atoms with E-state index in [1.807, 2.05) is 49.1 Å². The number of allylic oxidation sites excluding steroid dienone is 7. The molecule has 2 aliphatic heterocycles. The molecular weight excluding hydrogens is 866 g/mol. The van der Waals surface area contributed by atoms with Gasteiger partial charge in [0.1, 0.15) is 18.1 Å². The second kappa shape index (κ2) is 18.7. The van der Waals surface area contributed by atoms with Crippen LogP contribution in [-0.4, -0.2) is 81.9 Å². The first kappa shape index (κ1) is 47.6. The average molecular weight is 919 g/mol. The van der Waals surface area contributed by atoms with Gasteiger partial charge in [-0.25, -0.2) is 0 Å². The van der Waals surface area contributed by atoms with Crippen molar-refractivity contribution in [3.8, 4) is 5.75 Å². The summed E-state index contributed by atoms with van der Waals surface area (Å²) in [5, 5.41) is 2.19. The monoisotopic (exact) mass is 918 g/mol. The highest BCUT2D eigenvalue weighted by molar-refractivity contribution is 7.86. The normalized spacial score (nSPS) is 18.7. The Hall–Kier alpha value is -4.85. The second-order valence-corrected chi connectivity index (χ2v) is 21.4. The SMILES string of the molecule is [B]NC(=O)CCCC[N+]1=C(/C=C/C2=C(Oc3ccc(S(=O)(=O)O)cc3)C(=C/C=C3/N(CCCCS(=O)(=O)O)c4ccc(S(=O)(=O)O)cc4C3(C)C)/CCC2)C(C)(C)c2ccccc21. The highest BCUT2D eigenvalue weighted by Crippen LogP contribution is 2.49. The second-order valence-electron chi connectivity index (χ2n) is 17.0. The predicted octanol–water partition coefficient (Wildman–Crippen LogP) is 7.28. The van der Waals surface area contributed by atoms with Crippen LogP contribution in [0.25, 0.3) is 0 Å². The lowest BCUT2D eigenvalue weighted by Gasteiger charge is -2.27. The summed E-state index contributed by atoms with van der Waals surface area (Å²) in [6.07, 6.45) is 12.3. The predicted molar refractivity (Wildman–Crippen MR) is 242 cm³/mol. The van der Waals surface area contributed by atoms with E-state index in [4.69, 9.17) is 12.7 Å². The Kier molecular flexibility index (Phi) is 14.1. The molecular formula is C45H53BN3O11S3+. The number of nitrogens with one attached hydrogen (secondary N) is 1. The fourth-order valence-corrected chi connectivity index (χ4v) is 10.2. The van der Waals surface area contributed by atoms with Crippen LogP contribution in [0.15, 0.2) is 123 Å². The third-order valence-corrected chi connectivity index (χ3v) is 14.4. The lowest BCUT2D eigenvalue weighted by molar-refractivity contribution is -0.438. The quantitative estimate of drug-likeness (QED) is 0.0456. The fourth-order valence-electron chi connectivity index (χ4n) is 8.63. The van der Waals surface area contributed by atoms with Gasteiger partial charge in [-0.1, -0.05) is 38.1 Å². The molecule has 0 saturated carbocycles. The van der Waals surface area contributed by atoms with Gasteiger partial charge in [-0.3, -0.25) is 18.5 Å². The van der Waals surface area contributed by atoms with Crippen molar-refractivity contribution in [1.82, 2.24) is 5.23 Å². The van der Waals surface area contributed by atoms with Gasteiger partial charge in [-0.15, -0.1) is 0 Å². The summed E-state index contributed by atoms with van der Waals surface area (Å²) in [4.78, 5) is 13.3. The lowest BCUT2D eigenvalue weighted by atomic mass is 9.81. The van der Waals surface area contributed by atoms with E-state index in [0.717, 1.165) is 46.6 Å². The number of ether oxygens (including phenoxy) is 1. The Morgan fingerprint density at radius 2 is 1.49 bits per heavy atom. The number of fused-ring (bicyclic) bond motifs is 2. The number of benzene rings is 3. The Morgan fingerprint density at radius 1 is 0.810 bits per heavy atom. The lowest BCUT2D eigenvalue weighted by Crippen LogP contribution is -2.28. The first-order valence-electron chi connectivity index (χ1n) is 20.7. The number of hydrogen-bond donors (Lipinski definition) is 4. The van der Waals surface area contributed by atoms with Crippen molar-refractivity contribution >= 4 is 61.3 Å². The molecule has 14 nitrogen and oxygen atoms in total. The van der Waals surface area contributed by atoms with Crippen LogP contribution in [0.5, 0.6) is 5.75 Å². The number of carbonyl (C=O) groups is 1. The molecule has 63 heavy (non-hydrogen) atoms. The van der Waals surface area contributed by atoms with Crippen molar-refractivity contribution in [3.63, 3.8) is 0 Å². The molecule has 2 heterocycles. The molecule has 6 rings (SSSR count). The Labute approximate surface area is 371 Å². The molecule has 1 amide bonds. The smallest absolute Gasteiger partial charge is 0.294 e. The third kappa shape index (κ3) is 10.9. The van der Waals surface area contributed by atoms with E-state index in [0.29, 0.717) is 68.0 Å². The van der Waals surface area contributed by atoms with E-state index in [1.165, 1.54) is 36.4 Å². The zero-order chi connectivity index (χ0) is 46.0. The van der Waals surface area contributed by atoms with Crippen LogP contribution in [0, 0.1) is 0 Å². The van der Waals surface area contributed by atoms with Crippen molar-refractivity contribution in [2.24, 2.45) is 0 Å².